The molecule has 0 bridgehead atoms. The van der Waals surface area contributed by atoms with Crippen molar-refractivity contribution in [3.05, 3.63) is 51.7 Å². The average molecular weight is 292 g/mol. The van der Waals surface area contributed by atoms with Crippen molar-refractivity contribution >= 4 is 5.97 Å². The van der Waals surface area contributed by atoms with E-state index in [0.717, 1.165) is 11.8 Å². The Morgan fingerprint density at radius 2 is 2.05 bits per heavy atom. The van der Waals surface area contributed by atoms with Gasteiger partial charge >= 0.3 is 5.97 Å². The van der Waals surface area contributed by atoms with Gasteiger partial charge < -0.3 is 9.47 Å². The van der Waals surface area contributed by atoms with Gasteiger partial charge in [-0.05, 0) is 19.1 Å². The first-order valence-corrected chi connectivity index (χ1v) is 6.00. The lowest BCUT2D eigenvalue weighted by Gasteiger charge is -2.10. The van der Waals surface area contributed by atoms with Gasteiger partial charge in [0, 0.05) is 17.8 Å². The predicted octanol–water partition coefficient (Wildman–Crippen LogP) is 1.48. The van der Waals surface area contributed by atoms with E-state index in [4.69, 9.17) is 4.74 Å². The van der Waals surface area contributed by atoms with Crippen LogP contribution in [0.1, 0.15) is 16.1 Å². The van der Waals surface area contributed by atoms with E-state index in [2.05, 4.69) is 9.84 Å². The number of esters is 1. The number of benzene rings is 1. The fraction of sp³-hybridized carbons (Fsp3) is 0.214. The van der Waals surface area contributed by atoms with Crippen LogP contribution in [-0.2, 0) is 4.74 Å². The fourth-order valence-electron chi connectivity index (χ4n) is 1.76. The van der Waals surface area contributed by atoms with Crippen LogP contribution in [-0.4, -0.2) is 30.0 Å². The smallest absolute Gasteiger partial charge is 0.362 e. The van der Waals surface area contributed by atoms with E-state index in [-0.39, 0.29) is 11.3 Å². The van der Waals surface area contributed by atoms with Crippen LogP contribution in [0.25, 0.3) is 5.69 Å². The zero-order valence-electron chi connectivity index (χ0n) is 11.7. The summed E-state index contributed by atoms with van der Waals surface area (Å²) in [6.45, 7) is 1.50. The summed E-state index contributed by atoms with van der Waals surface area (Å²) in [5.41, 5.74) is -0.656. The van der Waals surface area contributed by atoms with Crippen LogP contribution in [0.3, 0.4) is 0 Å². The second-order valence-corrected chi connectivity index (χ2v) is 4.24. The Bertz CT molecular complexity index is 755. The Balaban J connectivity index is 2.68. The molecule has 0 N–H and O–H groups in total. The number of aryl methyl sites for hydroxylation is 1. The third-order valence-corrected chi connectivity index (χ3v) is 2.88. The summed E-state index contributed by atoms with van der Waals surface area (Å²) in [4.78, 5) is 23.4. The van der Waals surface area contributed by atoms with Crippen molar-refractivity contribution in [3.8, 4) is 11.4 Å². The molecule has 1 heterocycles. The molecule has 0 aliphatic carbocycles. The van der Waals surface area contributed by atoms with Crippen molar-refractivity contribution in [2.24, 2.45) is 0 Å². The Kier molecular flexibility index (Phi) is 4.02. The fourth-order valence-corrected chi connectivity index (χ4v) is 1.76. The lowest BCUT2D eigenvalue weighted by atomic mass is 10.2. The van der Waals surface area contributed by atoms with E-state index in [1.54, 1.807) is 0 Å². The second kappa shape index (κ2) is 5.74. The summed E-state index contributed by atoms with van der Waals surface area (Å²) < 4.78 is 24.6. The van der Waals surface area contributed by atoms with E-state index in [1.165, 1.54) is 38.4 Å². The highest BCUT2D eigenvalue weighted by molar-refractivity contribution is 5.87. The van der Waals surface area contributed by atoms with Gasteiger partial charge in [0.05, 0.1) is 14.2 Å². The number of halogens is 1. The van der Waals surface area contributed by atoms with Crippen LogP contribution < -0.4 is 10.2 Å². The first kappa shape index (κ1) is 14.7. The van der Waals surface area contributed by atoms with Crippen LogP contribution in [0.15, 0.2) is 29.2 Å². The van der Waals surface area contributed by atoms with Crippen LogP contribution >= 0.6 is 0 Å². The standard InChI is InChI=1S/C14H13FN2O4/c1-8-7-17(16-12(13(8)18)14(19)21-3)11-6-9(20-2)4-5-10(11)15/h4-7H,1-3H3. The van der Waals surface area contributed by atoms with Crippen LogP contribution in [0.5, 0.6) is 5.75 Å². The van der Waals surface area contributed by atoms with E-state index in [0.29, 0.717) is 5.75 Å². The van der Waals surface area contributed by atoms with Crippen LogP contribution in [0.2, 0.25) is 0 Å². The number of nitrogens with zero attached hydrogens (tertiary/aromatic N) is 2. The van der Waals surface area contributed by atoms with Crippen molar-refractivity contribution in [2.75, 3.05) is 14.2 Å². The van der Waals surface area contributed by atoms with E-state index < -0.39 is 22.9 Å². The number of aromatic nitrogens is 2. The number of hydrogen-bond acceptors (Lipinski definition) is 5. The second-order valence-electron chi connectivity index (χ2n) is 4.24. The molecule has 7 heteroatoms. The van der Waals surface area contributed by atoms with E-state index in [9.17, 15) is 14.0 Å². The molecule has 2 aromatic rings. The first-order chi connectivity index (χ1) is 9.97. The van der Waals surface area contributed by atoms with Gasteiger partial charge in [-0.3, -0.25) is 4.79 Å². The molecule has 6 nitrogen and oxygen atoms in total. The minimum atomic E-state index is -0.874. The average Bonchev–Trinajstić information content (AvgIpc) is 2.49. The summed E-state index contributed by atoms with van der Waals surface area (Å²) in [5, 5.41) is 3.84. The van der Waals surface area contributed by atoms with Gasteiger partial charge in [0.15, 0.2) is 0 Å². The molecule has 0 atom stereocenters. The monoisotopic (exact) mass is 292 g/mol. The maximum atomic E-state index is 13.9. The highest BCUT2D eigenvalue weighted by Gasteiger charge is 2.17. The van der Waals surface area contributed by atoms with Gasteiger partial charge in [-0.2, -0.15) is 5.10 Å². The van der Waals surface area contributed by atoms with Crippen LogP contribution in [0, 0.1) is 12.7 Å². The lowest BCUT2D eigenvalue weighted by Crippen LogP contribution is -2.24. The number of carbonyl (C=O) groups excluding carboxylic acids is 1. The Labute approximate surface area is 119 Å². The molecule has 0 fully saturated rings. The number of rotatable bonds is 3. The van der Waals surface area contributed by atoms with Crippen molar-refractivity contribution in [1.82, 2.24) is 9.78 Å². The van der Waals surface area contributed by atoms with Gasteiger partial charge in [0.1, 0.15) is 17.3 Å². The molecule has 0 saturated heterocycles. The van der Waals surface area contributed by atoms with E-state index in [1.807, 2.05) is 0 Å². The van der Waals surface area contributed by atoms with Crippen LogP contribution in [0.4, 0.5) is 4.39 Å². The molecule has 2 rings (SSSR count). The third kappa shape index (κ3) is 2.76. The molecular weight excluding hydrogens is 279 g/mol. The number of carbonyl (C=O) groups is 1. The summed E-state index contributed by atoms with van der Waals surface area (Å²) in [6, 6.07) is 4.07. The van der Waals surface area contributed by atoms with Gasteiger partial charge in [-0.25, -0.2) is 13.9 Å². The van der Waals surface area contributed by atoms with Crippen molar-refractivity contribution in [1.29, 1.82) is 0 Å². The van der Waals surface area contributed by atoms with E-state index >= 15 is 0 Å². The molecular formula is C14H13FN2O4. The Hall–Kier alpha value is -2.70. The Morgan fingerprint density at radius 1 is 1.33 bits per heavy atom. The quantitative estimate of drug-likeness (QED) is 0.801. The normalized spacial score (nSPS) is 10.3. The summed E-state index contributed by atoms with van der Waals surface area (Å²) in [5.74, 6) is -1.02. The van der Waals surface area contributed by atoms with Gasteiger partial charge in [-0.1, -0.05) is 0 Å². The molecule has 0 saturated carbocycles. The minimum Gasteiger partial charge on any atom is -0.497 e. The highest BCUT2D eigenvalue weighted by Crippen LogP contribution is 2.19. The molecule has 0 radical (unpaired) electrons. The third-order valence-electron chi connectivity index (χ3n) is 2.88. The summed E-state index contributed by atoms with van der Waals surface area (Å²) in [7, 11) is 2.59. The molecule has 0 spiro atoms. The zero-order valence-corrected chi connectivity index (χ0v) is 11.7. The van der Waals surface area contributed by atoms with Gasteiger partial charge in [0.2, 0.25) is 11.1 Å². The van der Waals surface area contributed by atoms with Gasteiger partial charge in [-0.15, -0.1) is 0 Å². The highest BCUT2D eigenvalue weighted by atomic mass is 19.1. The Morgan fingerprint density at radius 3 is 2.67 bits per heavy atom. The molecule has 0 unspecified atom stereocenters. The predicted molar refractivity (Wildman–Crippen MR) is 72.4 cm³/mol. The van der Waals surface area contributed by atoms with Crippen molar-refractivity contribution in [2.45, 2.75) is 6.92 Å². The number of hydrogen-bond donors (Lipinski definition) is 0. The maximum absolute atomic E-state index is 13.9. The molecule has 0 amide bonds. The summed E-state index contributed by atoms with van der Waals surface area (Å²) in [6.07, 6.45) is 1.34. The SMILES string of the molecule is COC(=O)c1nn(-c2cc(OC)ccc2F)cc(C)c1=O. The molecule has 1 aromatic carbocycles. The maximum Gasteiger partial charge on any atom is 0.362 e. The minimum absolute atomic E-state index is 0.0580. The zero-order chi connectivity index (χ0) is 15.6. The number of ether oxygens (including phenoxy) is 2. The lowest BCUT2D eigenvalue weighted by molar-refractivity contribution is 0.0590. The number of methoxy groups -OCH3 is 2. The molecule has 110 valence electrons. The first-order valence-electron chi connectivity index (χ1n) is 6.00. The van der Waals surface area contributed by atoms with Crippen molar-refractivity contribution in [3.63, 3.8) is 0 Å². The topological polar surface area (TPSA) is 70.4 Å². The van der Waals surface area contributed by atoms with Crippen molar-refractivity contribution < 1.29 is 18.7 Å². The molecule has 0 aliphatic heterocycles. The van der Waals surface area contributed by atoms with Gasteiger partial charge in [0.25, 0.3) is 0 Å². The molecule has 21 heavy (non-hydrogen) atoms. The molecule has 1 aromatic heterocycles. The summed E-state index contributed by atoms with van der Waals surface area (Å²) >= 11 is 0. The largest absolute Gasteiger partial charge is 0.497 e. The molecule has 0 aliphatic rings.